The van der Waals surface area contributed by atoms with Crippen molar-refractivity contribution in [3.05, 3.63) is 75.8 Å². The van der Waals surface area contributed by atoms with Crippen LogP contribution in [-0.2, 0) is 30.0 Å². The number of carbonyl (C=O) groups excluding carboxylic acids is 5. The van der Waals surface area contributed by atoms with E-state index in [4.69, 9.17) is 20.8 Å². The lowest BCUT2D eigenvalue weighted by Gasteiger charge is -2.30. The van der Waals surface area contributed by atoms with Crippen molar-refractivity contribution in [2.24, 2.45) is 5.92 Å². The molecule has 1 heterocycles. The van der Waals surface area contributed by atoms with Gasteiger partial charge in [0.25, 0.3) is 5.91 Å². The third-order valence-corrected chi connectivity index (χ3v) is 9.65. The van der Waals surface area contributed by atoms with Gasteiger partial charge in [0.05, 0.1) is 24.7 Å². The molecule has 1 amide bonds. The molecule has 0 spiro atoms. The van der Waals surface area contributed by atoms with Gasteiger partial charge in [-0.15, -0.1) is 0 Å². The second-order valence-corrected chi connectivity index (χ2v) is 14.7. The predicted molar refractivity (Wildman–Crippen MR) is 195 cm³/mol. The highest BCUT2D eigenvalue weighted by molar-refractivity contribution is 6.15. The minimum atomic E-state index is -0.698. The molecule has 0 fully saturated rings. The van der Waals surface area contributed by atoms with Crippen molar-refractivity contribution in [3.8, 4) is 17.2 Å². The minimum Gasteiger partial charge on any atom is -0.493 e. The molecule has 274 valence electrons. The fourth-order valence-electron chi connectivity index (χ4n) is 5.71. The van der Waals surface area contributed by atoms with Crippen molar-refractivity contribution >= 4 is 29.2 Å². The Labute approximate surface area is 302 Å². The molecular formula is C41H52N2O8. The molecule has 2 aromatic carbocycles. The summed E-state index contributed by atoms with van der Waals surface area (Å²) in [5.41, 5.74) is 3.69. The van der Waals surface area contributed by atoms with Crippen LogP contribution in [0.1, 0.15) is 122 Å². The molecule has 2 aliphatic rings. The number of ketones is 3. The van der Waals surface area contributed by atoms with E-state index in [1.54, 1.807) is 13.0 Å². The normalized spacial score (nSPS) is 16.1. The number of carbonyl (C=O) groups is 5. The van der Waals surface area contributed by atoms with Crippen LogP contribution in [0.2, 0.25) is 0 Å². The summed E-state index contributed by atoms with van der Waals surface area (Å²) in [4.78, 5) is 62.4. The van der Waals surface area contributed by atoms with Crippen molar-refractivity contribution in [2.75, 3.05) is 13.2 Å². The summed E-state index contributed by atoms with van der Waals surface area (Å²) in [6.07, 6.45) is 3.04. The van der Waals surface area contributed by atoms with E-state index in [0.717, 1.165) is 18.6 Å². The number of Topliss-reactive ketones (excluding diaryl/α,β-unsaturated/α-hetero) is 3. The Balaban J connectivity index is 0.000000302. The number of ether oxygens (including phenoxy) is 3. The van der Waals surface area contributed by atoms with Crippen LogP contribution in [0.4, 0.5) is 0 Å². The maximum atomic E-state index is 12.5. The SMILES string of the molecule is CC(C)NC(=O)COc1ccc2c(c1)OC(=O)CC2=O.[C-]#[N+]C1=C(C)CC(=O)C(CCCOc2ccc(C(C)(C)CC)cc2C(C)(C)CC)C1=O. The Bertz CT molecular complexity index is 1730. The average molecular weight is 701 g/mol. The van der Waals surface area contributed by atoms with Crippen LogP contribution >= 0.6 is 0 Å². The Morgan fingerprint density at radius 1 is 0.980 bits per heavy atom. The third-order valence-electron chi connectivity index (χ3n) is 9.65. The van der Waals surface area contributed by atoms with Gasteiger partial charge in [-0.2, -0.15) is 0 Å². The number of rotatable bonds is 13. The summed E-state index contributed by atoms with van der Waals surface area (Å²) < 4.78 is 16.4. The van der Waals surface area contributed by atoms with E-state index in [2.05, 4.69) is 69.9 Å². The van der Waals surface area contributed by atoms with Crippen LogP contribution in [0.25, 0.3) is 4.85 Å². The van der Waals surface area contributed by atoms with E-state index in [9.17, 15) is 24.0 Å². The lowest BCUT2D eigenvalue weighted by Crippen LogP contribution is -2.34. The number of benzene rings is 2. The Morgan fingerprint density at radius 2 is 1.67 bits per heavy atom. The van der Waals surface area contributed by atoms with E-state index in [1.165, 1.54) is 23.3 Å². The summed E-state index contributed by atoms with van der Waals surface area (Å²) in [5.74, 6) is -0.782. The Morgan fingerprint density at radius 3 is 2.29 bits per heavy atom. The fraction of sp³-hybridized carbons (Fsp3) is 0.512. The fourth-order valence-corrected chi connectivity index (χ4v) is 5.71. The van der Waals surface area contributed by atoms with Crippen LogP contribution < -0.4 is 19.5 Å². The molecule has 1 atom stereocenters. The van der Waals surface area contributed by atoms with E-state index in [1.807, 2.05) is 13.8 Å². The summed E-state index contributed by atoms with van der Waals surface area (Å²) >= 11 is 0. The van der Waals surface area contributed by atoms with Crippen molar-refractivity contribution in [1.82, 2.24) is 5.32 Å². The standard InChI is InChI=1S/C27H37NO3.C14H15NO5/c1-9-26(4,5)19-13-14-23(21(17-19)27(6,7)10-2)31-15-11-12-20-22(29)16-18(3)24(28-8)25(20)30;1-8(2)15-13(17)7-19-9-3-4-10-11(16)6-14(18)20-12(10)5-9/h13-14,17,20H,9-12,15-16H2,1-7H3;3-5,8H,6-7H2,1-2H3,(H,15,17). The van der Waals surface area contributed by atoms with Gasteiger partial charge in [0, 0.05) is 24.1 Å². The van der Waals surface area contributed by atoms with E-state index >= 15 is 0 Å². The highest BCUT2D eigenvalue weighted by Crippen LogP contribution is 2.39. The molecule has 1 unspecified atom stereocenters. The second-order valence-electron chi connectivity index (χ2n) is 14.7. The highest BCUT2D eigenvalue weighted by Gasteiger charge is 2.34. The van der Waals surface area contributed by atoms with Gasteiger partial charge in [-0.1, -0.05) is 66.2 Å². The molecule has 2 aromatic rings. The van der Waals surface area contributed by atoms with Crippen LogP contribution in [0.5, 0.6) is 17.2 Å². The topological polar surface area (TPSA) is 129 Å². The van der Waals surface area contributed by atoms with Gasteiger partial charge < -0.3 is 24.3 Å². The largest absolute Gasteiger partial charge is 0.493 e. The van der Waals surface area contributed by atoms with Crippen LogP contribution in [0, 0.1) is 12.5 Å². The smallest absolute Gasteiger partial charge is 0.319 e. The number of fused-ring (bicyclic) bond motifs is 1. The lowest BCUT2D eigenvalue weighted by atomic mass is 9.76. The molecule has 0 bridgehead atoms. The zero-order valence-corrected chi connectivity index (χ0v) is 31.5. The zero-order valence-electron chi connectivity index (χ0n) is 31.5. The van der Waals surface area contributed by atoms with E-state index in [-0.39, 0.29) is 71.0 Å². The maximum absolute atomic E-state index is 12.5. The van der Waals surface area contributed by atoms with Gasteiger partial charge in [-0.05, 0) is 74.1 Å². The van der Waals surface area contributed by atoms with Crippen LogP contribution in [0.3, 0.4) is 0 Å². The molecule has 0 saturated carbocycles. The van der Waals surface area contributed by atoms with Gasteiger partial charge in [0.2, 0.25) is 5.70 Å². The summed E-state index contributed by atoms with van der Waals surface area (Å²) in [7, 11) is 0. The number of esters is 1. The summed E-state index contributed by atoms with van der Waals surface area (Å²) in [6, 6.07) is 11.1. The Hall–Kier alpha value is -4.78. The molecule has 0 saturated heterocycles. The number of hydrogen-bond donors (Lipinski definition) is 1. The van der Waals surface area contributed by atoms with E-state index in [0.29, 0.717) is 36.3 Å². The molecule has 10 nitrogen and oxygen atoms in total. The number of allylic oxidation sites excluding steroid dienone is 2. The van der Waals surface area contributed by atoms with Gasteiger partial charge >= 0.3 is 5.97 Å². The van der Waals surface area contributed by atoms with Crippen molar-refractivity contribution in [2.45, 2.75) is 118 Å². The zero-order chi connectivity index (χ0) is 38.1. The monoisotopic (exact) mass is 700 g/mol. The second kappa shape index (κ2) is 17.4. The van der Waals surface area contributed by atoms with Crippen molar-refractivity contribution < 1.29 is 38.2 Å². The highest BCUT2D eigenvalue weighted by atomic mass is 16.5. The molecule has 51 heavy (non-hydrogen) atoms. The molecular weight excluding hydrogens is 648 g/mol. The third kappa shape index (κ3) is 10.6. The lowest BCUT2D eigenvalue weighted by molar-refractivity contribution is -0.134. The minimum absolute atomic E-state index is 0.0165. The van der Waals surface area contributed by atoms with Gasteiger partial charge in [0.15, 0.2) is 18.2 Å². The molecule has 1 N–H and O–H groups in total. The number of hydrogen-bond acceptors (Lipinski definition) is 8. The van der Waals surface area contributed by atoms with Gasteiger partial charge in [0.1, 0.15) is 29.5 Å². The predicted octanol–water partition coefficient (Wildman–Crippen LogP) is 7.65. The van der Waals surface area contributed by atoms with Gasteiger partial charge in [-0.25, -0.2) is 4.85 Å². The summed E-state index contributed by atoms with van der Waals surface area (Å²) in [5, 5.41) is 2.69. The quantitative estimate of drug-likeness (QED) is 0.0742. The maximum Gasteiger partial charge on any atom is 0.319 e. The number of nitrogens with one attached hydrogen (secondary N) is 1. The van der Waals surface area contributed by atoms with Crippen LogP contribution in [-0.4, -0.2) is 48.5 Å². The number of amides is 1. The van der Waals surface area contributed by atoms with Gasteiger partial charge in [-0.3, -0.25) is 19.2 Å². The first-order chi connectivity index (χ1) is 23.9. The molecule has 1 aliphatic carbocycles. The van der Waals surface area contributed by atoms with Crippen molar-refractivity contribution in [3.63, 3.8) is 0 Å². The molecule has 1 aliphatic heterocycles. The average Bonchev–Trinajstić information content (AvgIpc) is 3.06. The van der Waals surface area contributed by atoms with E-state index < -0.39 is 11.9 Å². The first kappa shape index (κ1) is 40.6. The molecule has 4 rings (SSSR count). The first-order valence-electron chi connectivity index (χ1n) is 17.7. The summed E-state index contributed by atoms with van der Waals surface area (Å²) in [6.45, 7) is 26.3. The number of nitrogens with zero attached hydrogens (tertiary/aromatic N) is 1. The van der Waals surface area contributed by atoms with Crippen LogP contribution in [0.15, 0.2) is 47.7 Å². The Kier molecular flexibility index (Phi) is 13.9. The molecule has 10 heteroatoms. The molecule has 0 radical (unpaired) electrons. The van der Waals surface area contributed by atoms with Crippen molar-refractivity contribution in [1.29, 1.82) is 0 Å². The molecule has 0 aromatic heterocycles. The first-order valence-corrected chi connectivity index (χ1v) is 17.7.